The van der Waals surface area contributed by atoms with Gasteiger partial charge in [-0.25, -0.2) is 14.1 Å². The van der Waals surface area contributed by atoms with Crippen LogP contribution in [-0.2, 0) is 11.4 Å². The van der Waals surface area contributed by atoms with Crippen LogP contribution in [0.15, 0.2) is 60.7 Å². The number of halogens is 5. The lowest BCUT2D eigenvalue weighted by Gasteiger charge is -2.19. The molecule has 5 nitrogen and oxygen atoms in total. The monoisotopic (exact) mass is 619 g/mol. The average Bonchev–Trinajstić information content (AvgIpc) is 3.33. The van der Waals surface area contributed by atoms with Gasteiger partial charge in [0.1, 0.15) is 23.4 Å². The number of alkyl halides is 3. The largest absolute Gasteiger partial charge is 0.489 e. The van der Waals surface area contributed by atoms with E-state index in [1.165, 1.54) is 27.4 Å². The van der Waals surface area contributed by atoms with Crippen molar-refractivity contribution in [1.29, 1.82) is 0 Å². The highest BCUT2D eigenvalue weighted by atomic mass is 31.0. The molecule has 1 saturated heterocycles. The van der Waals surface area contributed by atoms with E-state index < -0.39 is 17.6 Å². The Bertz CT molecular complexity index is 1490. The van der Waals surface area contributed by atoms with Gasteiger partial charge in [0.15, 0.2) is 0 Å². The summed E-state index contributed by atoms with van der Waals surface area (Å²) < 4.78 is 78.2. The second-order valence-electron chi connectivity index (χ2n) is 10.6. The minimum absolute atomic E-state index is 0.0174. The minimum Gasteiger partial charge on any atom is -0.489 e. The van der Waals surface area contributed by atoms with Crippen molar-refractivity contribution in [3.63, 3.8) is 0 Å². The van der Waals surface area contributed by atoms with Crippen molar-refractivity contribution in [2.45, 2.75) is 44.1 Å². The van der Waals surface area contributed by atoms with E-state index in [0.717, 1.165) is 42.3 Å². The van der Waals surface area contributed by atoms with E-state index in [1.807, 2.05) is 24.3 Å². The van der Waals surface area contributed by atoms with Crippen molar-refractivity contribution in [3.8, 4) is 11.5 Å². The summed E-state index contributed by atoms with van der Waals surface area (Å²) >= 11 is 0. The van der Waals surface area contributed by atoms with Gasteiger partial charge in [0.05, 0.1) is 12.2 Å². The summed E-state index contributed by atoms with van der Waals surface area (Å²) in [6.45, 7) is 1.91. The summed E-state index contributed by atoms with van der Waals surface area (Å²) in [7, 11) is 1.26. The van der Waals surface area contributed by atoms with E-state index in [0.29, 0.717) is 49.1 Å². The number of carbonyl (C=O) groups excluding carboxylic acids is 1. The van der Waals surface area contributed by atoms with Crippen molar-refractivity contribution >= 4 is 26.4 Å². The standard InChI is InChI=1S/C32H31F5NO4P/c33-14-2-15-38-16-13-25(19-38)40-23-8-5-20(6-9-23)30-26-11-7-22(31(39)42-37)17-21(26)3-1-4-28(30)27-12-10-24(18-29(27)34)41-32(35,36)43/h5-12,17-18,25H,1-4,13-16,19,43H2. The first-order valence-corrected chi connectivity index (χ1v) is 14.6. The molecule has 228 valence electrons. The first-order chi connectivity index (χ1) is 20.6. The van der Waals surface area contributed by atoms with Crippen LogP contribution in [0.2, 0.25) is 0 Å². The second kappa shape index (κ2) is 13.4. The van der Waals surface area contributed by atoms with Gasteiger partial charge in [0.25, 0.3) is 0 Å². The molecule has 3 aromatic rings. The zero-order chi connectivity index (χ0) is 30.6. The number of likely N-dealkylation sites (tertiary alicyclic amines) is 1. The third-order valence-electron chi connectivity index (χ3n) is 7.66. The lowest BCUT2D eigenvalue weighted by Crippen LogP contribution is -2.26. The van der Waals surface area contributed by atoms with Crippen molar-refractivity contribution < 1.29 is 41.3 Å². The summed E-state index contributed by atoms with van der Waals surface area (Å²) in [5.41, 5.74) is 3.86. The Balaban J connectivity index is 1.52. The maximum Gasteiger partial charge on any atom is 0.408 e. The number of fused-ring (bicyclic) bond motifs is 1. The molecule has 0 amide bonds. The highest BCUT2D eigenvalue weighted by Crippen LogP contribution is 2.42. The molecule has 2 unspecified atom stereocenters. The summed E-state index contributed by atoms with van der Waals surface area (Å²) in [5, 5.41) is 0. The molecular formula is C32H31F5NO4P. The highest BCUT2D eigenvalue weighted by Gasteiger charge is 2.27. The van der Waals surface area contributed by atoms with Crippen LogP contribution in [0.4, 0.5) is 22.1 Å². The lowest BCUT2D eigenvalue weighted by molar-refractivity contribution is -0.0893. The number of rotatable bonds is 10. The second-order valence-corrected chi connectivity index (χ2v) is 11.3. The zero-order valence-corrected chi connectivity index (χ0v) is 24.4. The van der Waals surface area contributed by atoms with Crippen LogP contribution in [0.1, 0.15) is 58.3 Å². The van der Waals surface area contributed by atoms with Crippen LogP contribution >= 0.6 is 9.24 Å². The Morgan fingerprint density at radius 3 is 2.44 bits per heavy atom. The molecule has 0 aromatic heterocycles. The topological polar surface area (TPSA) is 48.0 Å². The summed E-state index contributed by atoms with van der Waals surface area (Å²) in [4.78, 5) is 17.5. The van der Waals surface area contributed by atoms with Gasteiger partial charge in [-0.2, -0.15) is 8.78 Å². The number of hydrogen-bond donors (Lipinski definition) is 0. The Hall–Kier alpha value is -3.49. The number of aryl methyl sites for hydroxylation is 1. The van der Waals surface area contributed by atoms with Crippen LogP contribution in [0.25, 0.3) is 11.1 Å². The van der Waals surface area contributed by atoms with Crippen LogP contribution < -0.4 is 9.47 Å². The van der Waals surface area contributed by atoms with Gasteiger partial charge in [-0.05, 0) is 106 Å². The Kier molecular flexibility index (Phi) is 9.67. The molecule has 11 heteroatoms. The fraction of sp³-hybridized carbons (Fsp3) is 0.344. The molecule has 2 atom stereocenters. The van der Waals surface area contributed by atoms with Crippen molar-refractivity contribution in [1.82, 2.24) is 4.90 Å². The first-order valence-electron chi connectivity index (χ1n) is 14.1. The molecule has 1 fully saturated rings. The molecule has 0 bridgehead atoms. The van der Waals surface area contributed by atoms with E-state index in [9.17, 15) is 22.5 Å². The number of hydrogen-bond acceptors (Lipinski definition) is 5. The fourth-order valence-corrected chi connectivity index (χ4v) is 5.93. The van der Waals surface area contributed by atoms with Crippen molar-refractivity contribution in [3.05, 3.63) is 94.3 Å². The summed E-state index contributed by atoms with van der Waals surface area (Å²) in [6, 6.07) is 15.7. The number of benzene rings is 3. The van der Waals surface area contributed by atoms with Gasteiger partial charge in [0.2, 0.25) is 0 Å². The normalized spacial score (nSPS) is 17.4. The molecule has 0 spiro atoms. The van der Waals surface area contributed by atoms with Gasteiger partial charge in [0, 0.05) is 35.8 Å². The third kappa shape index (κ3) is 7.54. The van der Waals surface area contributed by atoms with Gasteiger partial charge >= 0.3 is 11.8 Å². The predicted molar refractivity (Wildman–Crippen MR) is 156 cm³/mol. The molecule has 1 aliphatic heterocycles. The van der Waals surface area contributed by atoms with Crippen molar-refractivity contribution in [2.24, 2.45) is 0 Å². The Morgan fingerprint density at radius 1 is 1.00 bits per heavy atom. The Morgan fingerprint density at radius 2 is 1.74 bits per heavy atom. The van der Waals surface area contributed by atoms with Gasteiger partial charge in [-0.1, -0.05) is 18.2 Å². The molecule has 0 N–H and O–H groups in total. The predicted octanol–water partition coefficient (Wildman–Crippen LogP) is 7.78. The number of carbonyl (C=O) groups is 1. The van der Waals surface area contributed by atoms with E-state index in [1.54, 1.807) is 12.1 Å². The quantitative estimate of drug-likeness (QED) is 0.171. The molecule has 5 rings (SSSR count). The molecule has 0 saturated carbocycles. The smallest absolute Gasteiger partial charge is 0.408 e. The van der Waals surface area contributed by atoms with Crippen molar-refractivity contribution in [2.75, 3.05) is 26.3 Å². The van der Waals surface area contributed by atoms with Gasteiger partial charge < -0.3 is 9.47 Å². The average molecular weight is 620 g/mol. The number of ether oxygens (including phenoxy) is 2. The number of nitrogens with zero attached hydrogens (tertiary/aromatic N) is 1. The van der Waals surface area contributed by atoms with E-state index in [4.69, 9.17) is 4.74 Å². The van der Waals surface area contributed by atoms with E-state index >= 15 is 4.39 Å². The fourth-order valence-electron chi connectivity index (χ4n) is 5.79. The molecule has 2 aliphatic rings. The minimum atomic E-state index is -3.55. The lowest BCUT2D eigenvalue weighted by atomic mass is 9.87. The van der Waals surface area contributed by atoms with Crippen LogP contribution in [-0.4, -0.2) is 49.1 Å². The van der Waals surface area contributed by atoms with E-state index in [-0.39, 0.29) is 29.7 Å². The SMILES string of the molecule is O=C(OF)c1ccc2c(c1)CCCC(c1ccc(OC(F)(F)P)cc1F)=C2c1ccc(OC2CCN(CCCF)C2)cc1. The maximum absolute atomic E-state index is 15.5. The van der Waals surface area contributed by atoms with Crippen LogP contribution in [0.5, 0.6) is 11.5 Å². The zero-order valence-electron chi connectivity index (χ0n) is 23.3. The van der Waals surface area contributed by atoms with Gasteiger partial charge in [-0.15, -0.1) is 0 Å². The molecule has 1 aliphatic carbocycles. The molecular weight excluding hydrogens is 588 g/mol. The molecule has 1 heterocycles. The van der Waals surface area contributed by atoms with Crippen LogP contribution in [0.3, 0.4) is 0 Å². The molecule has 43 heavy (non-hydrogen) atoms. The first kappa shape index (κ1) is 31.0. The van der Waals surface area contributed by atoms with Gasteiger partial charge in [-0.3, -0.25) is 9.29 Å². The van der Waals surface area contributed by atoms with Crippen LogP contribution in [0, 0.1) is 5.82 Å². The summed E-state index contributed by atoms with van der Waals surface area (Å²) in [5.74, 6) is -5.04. The third-order valence-corrected chi connectivity index (χ3v) is 7.78. The molecule has 0 radical (unpaired) electrons. The molecule has 3 aromatic carbocycles. The number of allylic oxidation sites excluding steroid dienone is 1. The summed E-state index contributed by atoms with van der Waals surface area (Å²) in [6.07, 6.45) is 2.87. The van der Waals surface area contributed by atoms with E-state index in [2.05, 4.69) is 14.6 Å². The highest BCUT2D eigenvalue weighted by molar-refractivity contribution is 7.17. The maximum atomic E-state index is 15.5. The Labute approximate surface area is 248 Å².